The van der Waals surface area contributed by atoms with Crippen LogP contribution in [0.15, 0.2) is 0 Å². The minimum atomic E-state index is 0.614. The van der Waals surface area contributed by atoms with E-state index in [-0.39, 0.29) is 0 Å². The number of rotatable bonds is 2. The maximum atomic E-state index is 5.81. The Morgan fingerprint density at radius 3 is 2.60 bits per heavy atom. The highest BCUT2D eigenvalue weighted by Gasteiger charge is 2.22. The molecule has 0 amide bonds. The van der Waals surface area contributed by atoms with Crippen LogP contribution in [0.2, 0.25) is 0 Å². The zero-order chi connectivity index (χ0) is 10.8. The van der Waals surface area contributed by atoms with Crippen molar-refractivity contribution < 1.29 is 0 Å². The minimum absolute atomic E-state index is 0.614. The Kier molecular flexibility index (Phi) is 3.10. The van der Waals surface area contributed by atoms with Crippen molar-refractivity contribution in [2.45, 2.75) is 51.5 Å². The smallest absolute Gasteiger partial charge is 0.105 e. The van der Waals surface area contributed by atoms with Crippen molar-refractivity contribution in [3.8, 4) is 0 Å². The average Bonchev–Trinajstić information content (AvgIpc) is 2.56. The Balaban J connectivity index is 2.29. The largest absolute Gasteiger partial charge is 0.334 e. The quantitative estimate of drug-likeness (QED) is 0.808. The fourth-order valence-corrected chi connectivity index (χ4v) is 2.63. The molecule has 1 aliphatic carbocycles. The van der Waals surface area contributed by atoms with Crippen LogP contribution >= 0.6 is 0 Å². The molecule has 3 nitrogen and oxygen atoms in total. The topological polar surface area (TPSA) is 43.8 Å². The van der Waals surface area contributed by atoms with Crippen LogP contribution in [-0.4, -0.2) is 9.55 Å². The lowest BCUT2D eigenvalue weighted by molar-refractivity contribution is 0.435. The Morgan fingerprint density at radius 2 is 2.00 bits per heavy atom. The van der Waals surface area contributed by atoms with Gasteiger partial charge in [0.25, 0.3) is 0 Å². The molecule has 1 aromatic rings. The maximum Gasteiger partial charge on any atom is 0.105 e. The second-order valence-electron chi connectivity index (χ2n) is 4.59. The molecular formula is C12H21N3. The van der Waals surface area contributed by atoms with Crippen molar-refractivity contribution in [3.63, 3.8) is 0 Å². The van der Waals surface area contributed by atoms with Crippen LogP contribution < -0.4 is 5.73 Å². The summed E-state index contributed by atoms with van der Waals surface area (Å²) in [4.78, 5) is 4.69. The molecule has 0 radical (unpaired) electrons. The number of imidazole rings is 1. The maximum absolute atomic E-state index is 5.81. The Bertz CT molecular complexity index is 335. The third-order valence-electron chi connectivity index (χ3n) is 3.65. The van der Waals surface area contributed by atoms with Crippen LogP contribution in [0.1, 0.15) is 55.2 Å². The van der Waals surface area contributed by atoms with Crippen LogP contribution in [0.5, 0.6) is 0 Å². The number of hydrogen-bond acceptors (Lipinski definition) is 2. The van der Waals surface area contributed by atoms with Gasteiger partial charge in [-0.3, -0.25) is 0 Å². The molecule has 84 valence electrons. The SMILES string of the molecule is Cc1nc(C2CCCCC2)c(CN)n1C. The van der Waals surface area contributed by atoms with E-state index in [1.54, 1.807) is 0 Å². The molecule has 1 saturated carbocycles. The monoisotopic (exact) mass is 207 g/mol. The van der Waals surface area contributed by atoms with Crippen LogP contribution in [0.25, 0.3) is 0 Å². The molecule has 1 heterocycles. The molecule has 0 atom stereocenters. The first-order chi connectivity index (χ1) is 7.24. The molecule has 1 aromatic heterocycles. The Morgan fingerprint density at radius 1 is 1.33 bits per heavy atom. The summed E-state index contributed by atoms with van der Waals surface area (Å²) in [6.45, 7) is 2.68. The zero-order valence-corrected chi connectivity index (χ0v) is 9.79. The van der Waals surface area contributed by atoms with E-state index in [1.807, 2.05) is 0 Å². The number of aromatic nitrogens is 2. The first-order valence-corrected chi connectivity index (χ1v) is 5.96. The number of nitrogens with zero attached hydrogens (tertiary/aromatic N) is 2. The van der Waals surface area contributed by atoms with Crippen LogP contribution in [-0.2, 0) is 13.6 Å². The second-order valence-corrected chi connectivity index (χ2v) is 4.59. The third-order valence-corrected chi connectivity index (χ3v) is 3.65. The summed E-state index contributed by atoms with van der Waals surface area (Å²) in [5, 5.41) is 0. The Labute approximate surface area is 91.7 Å². The van der Waals surface area contributed by atoms with Gasteiger partial charge in [-0.2, -0.15) is 0 Å². The van der Waals surface area contributed by atoms with Crippen molar-refractivity contribution in [1.29, 1.82) is 0 Å². The van der Waals surface area contributed by atoms with E-state index in [4.69, 9.17) is 5.73 Å². The highest BCUT2D eigenvalue weighted by molar-refractivity contribution is 5.21. The van der Waals surface area contributed by atoms with Crippen molar-refractivity contribution in [2.75, 3.05) is 0 Å². The minimum Gasteiger partial charge on any atom is -0.334 e. The molecule has 2 rings (SSSR count). The lowest BCUT2D eigenvalue weighted by atomic mass is 9.86. The van der Waals surface area contributed by atoms with Crippen LogP contribution in [0.3, 0.4) is 0 Å². The Hall–Kier alpha value is -0.830. The first-order valence-electron chi connectivity index (χ1n) is 5.96. The van der Waals surface area contributed by atoms with E-state index in [9.17, 15) is 0 Å². The molecule has 0 aromatic carbocycles. The molecule has 15 heavy (non-hydrogen) atoms. The fraction of sp³-hybridized carbons (Fsp3) is 0.750. The number of aryl methyl sites for hydroxylation is 1. The molecule has 1 fully saturated rings. The zero-order valence-electron chi connectivity index (χ0n) is 9.79. The van der Waals surface area contributed by atoms with Crippen molar-refractivity contribution in [2.24, 2.45) is 12.8 Å². The number of hydrogen-bond donors (Lipinski definition) is 1. The highest BCUT2D eigenvalue weighted by atomic mass is 15.1. The summed E-state index contributed by atoms with van der Waals surface area (Å²) in [6.07, 6.45) is 6.68. The van der Waals surface area contributed by atoms with Crippen molar-refractivity contribution in [3.05, 3.63) is 17.2 Å². The second kappa shape index (κ2) is 4.35. The molecule has 0 aliphatic heterocycles. The first kappa shape index (κ1) is 10.7. The lowest BCUT2D eigenvalue weighted by Gasteiger charge is -2.21. The van der Waals surface area contributed by atoms with E-state index in [0.29, 0.717) is 12.5 Å². The van der Waals surface area contributed by atoms with Gasteiger partial charge in [0.1, 0.15) is 5.82 Å². The van der Waals surface area contributed by atoms with Gasteiger partial charge in [0, 0.05) is 19.5 Å². The molecule has 2 N–H and O–H groups in total. The molecule has 3 heteroatoms. The predicted octanol–water partition coefficient (Wildman–Crippen LogP) is 2.23. The van der Waals surface area contributed by atoms with Gasteiger partial charge in [0.15, 0.2) is 0 Å². The molecular weight excluding hydrogens is 186 g/mol. The average molecular weight is 207 g/mol. The van der Waals surface area contributed by atoms with Gasteiger partial charge in [0.05, 0.1) is 11.4 Å². The molecule has 1 aliphatic rings. The van der Waals surface area contributed by atoms with Crippen molar-refractivity contribution >= 4 is 0 Å². The summed E-state index contributed by atoms with van der Waals surface area (Å²) in [5.41, 5.74) is 8.32. The lowest BCUT2D eigenvalue weighted by Crippen LogP contribution is -2.11. The van der Waals surface area contributed by atoms with E-state index in [2.05, 4.69) is 23.5 Å². The summed E-state index contributed by atoms with van der Waals surface area (Å²) in [6, 6.07) is 0. The summed E-state index contributed by atoms with van der Waals surface area (Å²) >= 11 is 0. The molecule has 0 bridgehead atoms. The van der Waals surface area contributed by atoms with Gasteiger partial charge in [-0.05, 0) is 19.8 Å². The molecule has 0 saturated heterocycles. The van der Waals surface area contributed by atoms with Gasteiger partial charge < -0.3 is 10.3 Å². The van der Waals surface area contributed by atoms with Gasteiger partial charge in [0.2, 0.25) is 0 Å². The summed E-state index contributed by atoms with van der Waals surface area (Å²) in [7, 11) is 2.07. The van der Waals surface area contributed by atoms with Gasteiger partial charge in [-0.25, -0.2) is 4.98 Å². The molecule has 0 spiro atoms. The van der Waals surface area contributed by atoms with E-state index in [0.717, 1.165) is 5.82 Å². The standard InChI is InChI=1S/C12H21N3/c1-9-14-12(11(8-13)15(9)2)10-6-4-3-5-7-10/h10H,3-8,13H2,1-2H3. The van der Waals surface area contributed by atoms with Crippen LogP contribution in [0, 0.1) is 6.92 Å². The van der Waals surface area contributed by atoms with E-state index in [1.165, 1.54) is 43.5 Å². The predicted molar refractivity (Wildman–Crippen MR) is 61.7 cm³/mol. The summed E-state index contributed by atoms with van der Waals surface area (Å²) in [5.74, 6) is 1.76. The third kappa shape index (κ3) is 1.93. The molecule has 0 unspecified atom stereocenters. The fourth-order valence-electron chi connectivity index (χ4n) is 2.63. The highest BCUT2D eigenvalue weighted by Crippen LogP contribution is 2.33. The van der Waals surface area contributed by atoms with E-state index >= 15 is 0 Å². The van der Waals surface area contributed by atoms with Gasteiger partial charge in [-0.1, -0.05) is 19.3 Å². The van der Waals surface area contributed by atoms with Crippen molar-refractivity contribution in [1.82, 2.24) is 9.55 Å². The van der Waals surface area contributed by atoms with Gasteiger partial charge in [-0.15, -0.1) is 0 Å². The summed E-state index contributed by atoms with van der Waals surface area (Å²) < 4.78 is 2.14. The van der Waals surface area contributed by atoms with Crippen LogP contribution in [0.4, 0.5) is 0 Å². The van der Waals surface area contributed by atoms with Gasteiger partial charge >= 0.3 is 0 Å². The van der Waals surface area contributed by atoms with E-state index < -0.39 is 0 Å². The number of nitrogens with two attached hydrogens (primary N) is 1. The normalized spacial score (nSPS) is 18.3.